The minimum atomic E-state index is -1.22. The molecule has 0 spiro atoms. The molecule has 0 fully saturated rings. The van der Waals surface area contributed by atoms with Gasteiger partial charge in [0.05, 0.1) is 4.92 Å². The lowest BCUT2D eigenvalue weighted by Crippen LogP contribution is -2.16. The fraction of sp³-hybridized carbons (Fsp3) is 0.222. The van der Waals surface area contributed by atoms with Gasteiger partial charge in [-0.15, -0.1) is 11.6 Å². The summed E-state index contributed by atoms with van der Waals surface area (Å²) in [5, 5.41) is 18.3. The normalized spacial score (nSPS) is 12.1. The summed E-state index contributed by atoms with van der Waals surface area (Å²) in [4.78, 5) is 20.6. The third-order valence-corrected chi connectivity index (χ3v) is 2.49. The summed E-state index contributed by atoms with van der Waals surface area (Å²) < 4.78 is 0. The van der Waals surface area contributed by atoms with Crippen LogP contribution in [0.25, 0.3) is 0 Å². The van der Waals surface area contributed by atoms with Crippen LogP contribution < -0.4 is 0 Å². The van der Waals surface area contributed by atoms with Crippen molar-refractivity contribution >= 4 is 34.9 Å². The smallest absolute Gasteiger partial charge is 0.321 e. The number of halogens is 2. The summed E-state index contributed by atoms with van der Waals surface area (Å²) >= 11 is 11.1. The number of carbonyl (C=O) groups is 1. The van der Waals surface area contributed by atoms with Crippen molar-refractivity contribution in [2.75, 3.05) is 0 Å². The largest absolute Gasteiger partial charge is 0.480 e. The lowest BCUT2D eigenvalue weighted by atomic mass is 10.1. The standard InChI is InChI=1S/C9H7Cl2NO4/c10-6-2-1-5(3-7(11)9(13)14)8(4-6)12(15)16/h1-2,4,7H,3H2,(H,13,14). The molecule has 1 N–H and O–H groups in total. The Hall–Kier alpha value is -1.33. The Bertz CT molecular complexity index is 436. The SMILES string of the molecule is O=C(O)C(Cl)Cc1ccc(Cl)cc1[N+](=O)[O-]. The fourth-order valence-electron chi connectivity index (χ4n) is 1.16. The Kier molecular flexibility index (Phi) is 4.09. The van der Waals surface area contributed by atoms with Gasteiger partial charge >= 0.3 is 5.97 Å². The Morgan fingerprint density at radius 2 is 2.19 bits per heavy atom. The number of hydrogen-bond acceptors (Lipinski definition) is 3. The molecule has 5 nitrogen and oxygen atoms in total. The molecule has 0 saturated carbocycles. The van der Waals surface area contributed by atoms with E-state index in [0.29, 0.717) is 0 Å². The monoisotopic (exact) mass is 263 g/mol. The van der Waals surface area contributed by atoms with Crippen LogP contribution in [0, 0.1) is 10.1 Å². The highest BCUT2D eigenvalue weighted by Gasteiger charge is 2.21. The van der Waals surface area contributed by atoms with Crippen molar-refractivity contribution in [3.63, 3.8) is 0 Å². The van der Waals surface area contributed by atoms with Gasteiger partial charge in [-0.05, 0) is 6.07 Å². The molecule has 0 aliphatic carbocycles. The van der Waals surface area contributed by atoms with Gasteiger partial charge in [0.2, 0.25) is 0 Å². The van der Waals surface area contributed by atoms with Gasteiger partial charge in [-0.3, -0.25) is 14.9 Å². The van der Waals surface area contributed by atoms with Crippen molar-refractivity contribution in [1.29, 1.82) is 0 Å². The number of carboxylic acid groups (broad SMARTS) is 1. The van der Waals surface area contributed by atoms with Crippen molar-refractivity contribution in [3.8, 4) is 0 Å². The van der Waals surface area contributed by atoms with E-state index in [1.807, 2.05) is 0 Å². The minimum absolute atomic E-state index is 0.121. The third kappa shape index (κ3) is 3.08. The predicted molar refractivity (Wildman–Crippen MR) is 59.1 cm³/mol. The van der Waals surface area contributed by atoms with Crippen molar-refractivity contribution in [2.45, 2.75) is 11.8 Å². The number of benzene rings is 1. The minimum Gasteiger partial charge on any atom is -0.480 e. The highest BCUT2D eigenvalue weighted by atomic mass is 35.5. The van der Waals surface area contributed by atoms with E-state index in [1.54, 1.807) is 0 Å². The summed E-state index contributed by atoms with van der Waals surface area (Å²) in [5.74, 6) is -1.22. The van der Waals surface area contributed by atoms with Gasteiger partial charge in [0.25, 0.3) is 5.69 Å². The molecule has 0 amide bonds. The van der Waals surface area contributed by atoms with Crippen molar-refractivity contribution < 1.29 is 14.8 Å². The molecular weight excluding hydrogens is 257 g/mol. The van der Waals surface area contributed by atoms with Crippen LogP contribution >= 0.6 is 23.2 Å². The Balaban J connectivity index is 3.04. The van der Waals surface area contributed by atoms with Crippen LogP contribution in [0.2, 0.25) is 5.02 Å². The quantitative estimate of drug-likeness (QED) is 0.514. The molecule has 1 atom stereocenters. The second-order valence-electron chi connectivity index (χ2n) is 3.04. The van der Waals surface area contributed by atoms with E-state index in [0.717, 1.165) is 0 Å². The number of alkyl halides is 1. The molecule has 1 rings (SSSR count). The number of hydrogen-bond donors (Lipinski definition) is 1. The highest BCUT2D eigenvalue weighted by Crippen LogP contribution is 2.25. The molecular formula is C9H7Cl2NO4. The summed E-state index contributed by atoms with van der Waals surface area (Å²) in [7, 11) is 0. The summed E-state index contributed by atoms with van der Waals surface area (Å²) in [6.45, 7) is 0. The summed E-state index contributed by atoms with van der Waals surface area (Å²) in [6.07, 6.45) is -0.121. The molecule has 1 unspecified atom stereocenters. The number of nitro groups is 1. The average molecular weight is 264 g/mol. The molecule has 0 radical (unpaired) electrons. The summed E-state index contributed by atoms with van der Waals surface area (Å²) in [6, 6.07) is 4.02. The highest BCUT2D eigenvalue weighted by molar-refractivity contribution is 6.31. The van der Waals surface area contributed by atoms with Gasteiger partial charge < -0.3 is 5.11 Å². The molecule has 1 aromatic carbocycles. The zero-order valence-corrected chi connectivity index (χ0v) is 9.40. The first kappa shape index (κ1) is 12.7. The average Bonchev–Trinajstić information content (AvgIpc) is 2.20. The van der Waals surface area contributed by atoms with Crippen LogP contribution in [0.1, 0.15) is 5.56 Å². The van der Waals surface area contributed by atoms with E-state index in [4.69, 9.17) is 28.3 Å². The molecule has 16 heavy (non-hydrogen) atoms. The van der Waals surface area contributed by atoms with Crippen LogP contribution in [0.4, 0.5) is 5.69 Å². The van der Waals surface area contributed by atoms with Crippen molar-refractivity contribution in [2.24, 2.45) is 0 Å². The van der Waals surface area contributed by atoms with E-state index >= 15 is 0 Å². The van der Waals surface area contributed by atoms with E-state index in [-0.39, 0.29) is 22.7 Å². The molecule has 1 aromatic rings. The second kappa shape index (κ2) is 5.14. The topological polar surface area (TPSA) is 80.4 Å². The molecule has 0 saturated heterocycles. The van der Waals surface area contributed by atoms with E-state index in [2.05, 4.69) is 0 Å². The first-order valence-electron chi connectivity index (χ1n) is 4.21. The molecule has 0 aliphatic rings. The van der Waals surface area contributed by atoms with Crippen molar-refractivity contribution in [3.05, 3.63) is 38.9 Å². The van der Waals surface area contributed by atoms with Crippen LogP contribution in [0.15, 0.2) is 18.2 Å². The Labute approximate surface area is 101 Å². The lowest BCUT2D eigenvalue weighted by Gasteiger charge is -2.05. The van der Waals surface area contributed by atoms with Gasteiger partial charge in [-0.2, -0.15) is 0 Å². The molecule has 0 aromatic heterocycles. The maximum absolute atomic E-state index is 10.7. The lowest BCUT2D eigenvalue weighted by molar-refractivity contribution is -0.385. The maximum Gasteiger partial charge on any atom is 0.321 e. The number of rotatable bonds is 4. The van der Waals surface area contributed by atoms with Crippen LogP contribution in [0.3, 0.4) is 0 Å². The van der Waals surface area contributed by atoms with Gasteiger partial charge in [-0.25, -0.2) is 0 Å². The molecule has 0 aliphatic heterocycles. The third-order valence-electron chi connectivity index (χ3n) is 1.91. The van der Waals surface area contributed by atoms with Gasteiger partial charge in [-0.1, -0.05) is 17.7 Å². The van der Waals surface area contributed by atoms with Crippen LogP contribution in [-0.2, 0) is 11.2 Å². The second-order valence-corrected chi connectivity index (χ2v) is 4.00. The summed E-state index contributed by atoms with van der Waals surface area (Å²) in [5.41, 5.74) is 0.0243. The zero-order chi connectivity index (χ0) is 12.3. The van der Waals surface area contributed by atoms with Gasteiger partial charge in [0.15, 0.2) is 0 Å². The van der Waals surface area contributed by atoms with Crippen LogP contribution in [-0.4, -0.2) is 21.4 Å². The number of nitro benzene ring substituents is 1. The van der Waals surface area contributed by atoms with E-state index in [1.165, 1.54) is 18.2 Å². The fourth-order valence-corrected chi connectivity index (χ4v) is 1.49. The first-order chi connectivity index (χ1) is 7.41. The first-order valence-corrected chi connectivity index (χ1v) is 5.03. The zero-order valence-electron chi connectivity index (χ0n) is 7.89. The number of carboxylic acids is 1. The molecule has 7 heteroatoms. The van der Waals surface area contributed by atoms with Gasteiger partial charge in [0, 0.05) is 23.1 Å². The maximum atomic E-state index is 10.7. The molecule has 0 heterocycles. The molecule has 86 valence electrons. The van der Waals surface area contributed by atoms with E-state index in [9.17, 15) is 14.9 Å². The van der Waals surface area contributed by atoms with Gasteiger partial charge in [0.1, 0.15) is 5.38 Å². The molecule has 0 bridgehead atoms. The van der Waals surface area contributed by atoms with E-state index < -0.39 is 16.3 Å². The Morgan fingerprint density at radius 1 is 1.56 bits per heavy atom. The Morgan fingerprint density at radius 3 is 2.69 bits per heavy atom. The van der Waals surface area contributed by atoms with Crippen LogP contribution in [0.5, 0.6) is 0 Å². The number of nitrogens with zero attached hydrogens (tertiary/aromatic N) is 1. The predicted octanol–water partition coefficient (Wildman–Crippen LogP) is 2.48. The van der Waals surface area contributed by atoms with Crippen molar-refractivity contribution in [1.82, 2.24) is 0 Å². The number of aliphatic carboxylic acids is 1.